The highest BCUT2D eigenvalue weighted by Gasteiger charge is 2.16. The first kappa shape index (κ1) is 11.8. The van der Waals surface area contributed by atoms with Gasteiger partial charge in [-0.3, -0.25) is 9.59 Å². The molecule has 2 amide bonds. The van der Waals surface area contributed by atoms with Crippen molar-refractivity contribution in [3.8, 4) is 5.75 Å². The van der Waals surface area contributed by atoms with Crippen LogP contribution in [0.4, 0.5) is 11.4 Å². The lowest BCUT2D eigenvalue weighted by Crippen LogP contribution is -2.25. The molecular formula is C11H12N2O3S. The Hall–Kier alpha value is -1.69. The predicted molar refractivity (Wildman–Crippen MR) is 67.6 cm³/mol. The fraction of sp³-hybridized carbons (Fsp3) is 0.273. The summed E-state index contributed by atoms with van der Waals surface area (Å²) in [7, 11) is 0. The van der Waals surface area contributed by atoms with Crippen LogP contribution >= 0.6 is 11.8 Å². The Bertz CT molecular complexity index is 462. The van der Waals surface area contributed by atoms with Gasteiger partial charge in [0.1, 0.15) is 5.75 Å². The molecule has 1 aliphatic heterocycles. The molecule has 0 aliphatic carbocycles. The summed E-state index contributed by atoms with van der Waals surface area (Å²) in [6.07, 6.45) is 1.86. The van der Waals surface area contributed by atoms with E-state index in [1.165, 1.54) is 11.8 Å². The second kappa shape index (κ2) is 5.09. The highest BCUT2D eigenvalue weighted by molar-refractivity contribution is 7.99. The summed E-state index contributed by atoms with van der Waals surface area (Å²) in [5.41, 5.74) is 1.23. The van der Waals surface area contributed by atoms with Gasteiger partial charge in [-0.2, -0.15) is 11.8 Å². The number of benzene rings is 1. The van der Waals surface area contributed by atoms with Crippen molar-refractivity contribution >= 4 is 35.0 Å². The van der Waals surface area contributed by atoms with E-state index in [1.54, 1.807) is 18.2 Å². The summed E-state index contributed by atoms with van der Waals surface area (Å²) in [5.74, 6) is 0.762. The van der Waals surface area contributed by atoms with E-state index in [0.717, 1.165) is 0 Å². The molecule has 5 nitrogen and oxygen atoms in total. The number of carbonyl (C=O) groups is 2. The molecule has 1 heterocycles. The van der Waals surface area contributed by atoms with Crippen molar-refractivity contribution < 1.29 is 14.3 Å². The van der Waals surface area contributed by atoms with Crippen molar-refractivity contribution in [1.82, 2.24) is 0 Å². The van der Waals surface area contributed by atoms with Crippen LogP contribution in [0.25, 0.3) is 0 Å². The number of rotatable bonds is 3. The Kier molecular flexibility index (Phi) is 3.53. The summed E-state index contributed by atoms with van der Waals surface area (Å²) in [4.78, 5) is 22.5. The Balaban J connectivity index is 2.13. The van der Waals surface area contributed by atoms with E-state index in [9.17, 15) is 9.59 Å². The van der Waals surface area contributed by atoms with Crippen LogP contribution in [0.15, 0.2) is 18.2 Å². The van der Waals surface area contributed by atoms with Gasteiger partial charge in [0.25, 0.3) is 5.91 Å². The molecule has 90 valence electrons. The van der Waals surface area contributed by atoms with Crippen LogP contribution in [0.5, 0.6) is 5.75 Å². The monoisotopic (exact) mass is 252 g/mol. The van der Waals surface area contributed by atoms with Crippen molar-refractivity contribution in [1.29, 1.82) is 0 Å². The van der Waals surface area contributed by atoms with Crippen LogP contribution < -0.4 is 15.4 Å². The van der Waals surface area contributed by atoms with Crippen LogP contribution in [0.1, 0.15) is 0 Å². The minimum Gasteiger partial charge on any atom is -0.482 e. The first-order valence-corrected chi connectivity index (χ1v) is 6.44. The number of thioether (sulfide) groups is 1. The van der Waals surface area contributed by atoms with E-state index >= 15 is 0 Å². The highest BCUT2D eigenvalue weighted by Crippen LogP contribution is 2.30. The molecular weight excluding hydrogens is 240 g/mol. The van der Waals surface area contributed by atoms with E-state index in [0.29, 0.717) is 22.9 Å². The van der Waals surface area contributed by atoms with Gasteiger partial charge in [-0.25, -0.2) is 0 Å². The third-order valence-corrected chi connectivity index (χ3v) is 2.72. The predicted octanol–water partition coefficient (Wildman–Crippen LogP) is 1.32. The lowest BCUT2D eigenvalue weighted by molar-refractivity contribution is -0.118. The maximum absolute atomic E-state index is 11.4. The van der Waals surface area contributed by atoms with E-state index in [4.69, 9.17) is 4.74 Å². The highest BCUT2D eigenvalue weighted by atomic mass is 32.2. The number of fused-ring (bicyclic) bond motifs is 1. The Labute approximate surface area is 103 Å². The molecule has 1 aromatic rings. The topological polar surface area (TPSA) is 67.4 Å². The van der Waals surface area contributed by atoms with E-state index < -0.39 is 0 Å². The van der Waals surface area contributed by atoms with Gasteiger partial charge in [-0.15, -0.1) is 0 Å². The maximum atomic E-state index is 11.4. The van der Waals surface area contributed by atoms with Gasteiger partial charge >= 0.3 is 0 Å². The molecule has 17 heavy (non-hydrogen) atoms. The average Bonchev–Trinajstić information content (AvgIpc) is 2.28. The third-order valence-electron chi connectivity index (χ3n) is 2.17. The van der Waals surface area contributed by atoms with Gasteiger partial charge in [0.15, 0.2) is 6.61 Å². The van der Waals surface area contributed by atoms with Crippen molar-refractivity contribution in [3.63, 3.8) is 0 Å². The molecule has 6 heteroatoms. The zero-order chi connectivity index (χ0) is 12.3. The van der Waals surface area contributed by atoms with Crippen LogP contribution in [0.2, 0.25) is 0 Å². The summed E-state index contributed by atoms with van der Waals surface area (Å²) in [6, 6.07) is 5.16. The quantitative estimate of drug-likeness (QED) is 0.851. The number of amides is 2. The zero-order valence-corrected chi connectivity index (χ0v) is 10.1. The fourth-order valence-corrected chi connectivity index (χ4v) is 1.82. The second-order valence-corrected chi connectivity index (χ2v) is 4.40. The summed E-state index contributed by atoms with van der Waals surface area (Å²) in [5, 5.41) is 5.43. The Morgan fingerprint density at radius 3 is 3.18 bits per heavy atom. The smallest absolute Gasteiger partial charge is 0.262 e. The van der Waals surface area contributed by atoms with Crippen molar-refractivity contribution in [2.24, 2.45) is 0 Å². The molecule has 0 bridgehead atoms. The van der Waals surface area contributed by atoms with Crippen LogP contribution in [-0.4, -0.2) is 30.4 Å². The molecule has 0 unspecified atom stereocenters. The molecule has 0 aromatic heterocycles. The summed E-state index contributed by atoms with van der Waals surface area (Å²) in [6.45, 7) is 0.0329. The molecule has 0 spiro atoms. The molecule has 0 saturated carbocycles. The number of ether oxygens (including phenoxy) is 1. The largest absolute Gasteiger partial charge is 0.482 e. The first-order valence-electron chi connectivity index (χ1n) is 5.04. The van der Waals surface area contributed by atoms with Crippen LogP contribution in [0, 0.1) is 0 Å². The van der Waals surface area contributed by atoms with E-state index in [2.05, 4.69) is 10.6 Å². The number of nitrogens with one attached hydrogen (secondary N) is 2. The second-order valence-electron chi connectivity index (χ2n) is 3.53. The molecule has 2 rings (SSSR count). The molecule has 1 aromatic carbocycles. The van der Waals surface area contributed by atoms with Crippen molar-refractivity contribution in [2.75, 3.05) is 29.2 Å². The summed E-state index contributed by atoms with van der Waals surface area (Å²) < 4.78 is 5.21. The van der Waals surface area contributed by atoms with Gasteiger partial charge in [0.2, 0.25) is 5.91 Å². The minimum absolute atomic E-state index is 0.0329. The number of hydrogen-bond acceptors (Lipinski definition) is 4. The van der Waals surface area contributed by atoms with Crippen LogP contribution in [0.3, 0.4) is 0 Å². The van der Waals surface area contributed by atoms with Gasteiger partial charge in [0.05, 0.1) is 11.4 Å². The normalized spacial score (nSPS) is 13.4. The number of hydrogen-bond donors (Lipinski definition) is 2. The summed E-state index contributed by atoms with van der Waals surface area (Å²) >= 11 is 1.45. The van der Waals surface area contributed by atoms with Gasteiger partial charge in [-0.1, -0.05) is 0 Å². The third kappa shape index (κ3) is 2.91. The molecule has 1 aliphatic rings. The lowest BCUT2D eigenvalue weighted by Gasteiger charge is -2.18. The molecule has 2 N–H and O–H groups in total. The fourth-order valence-electron chi connectivity index (χ4n) is 1.49. The number of carbonyl (C=O) groups excluding carboxylic acids is 2. The SMILES string of the molecule is CSCC(=O)Nc1ccc2c(c1)NC(=O)CO2. The Morgan fingerprint density at radius 1 is 1.59 bits per heavy atom. The van der Waals surface area contributed by atoms with Gasteiger partial charge in [0, 0.05) is 5.69 Å². The molecule has 0 fully saturated rings. The molecule has 0 radical (unpaired) electrons. The Morgan fingerprint density at radius 2 is 2.41 bits per heavy atom. The zero-order valence-electron chi connectivity index (χ0n) is 9.28. The molecule has 0 atom stereocenters. The van der Waals surface area contributed by atoms with Crippen LogP contribution in [-0.2, 0) is 9.59 Å². The van der Waals surface area contributed by atoms with Gasteiger partial charge < -0.3 is 15.4 Å². The average molecular weight is 252 g/mol. The van der Waals surface area contributed by atoms with Gasteiger partial charge in [-0.05, 0) is 24.5 Å². The molecule has 0 saturated heterocycles. The number of anilines is 2. The first-order chi connectivity index (χ1) is 8.19. The van der Waals surface area contributed by atoms with Crippen molar-refractivity contribution in [3.05, 3.63) is 18.2 Å². The lowest BCUT2D eigenvalue weighted by atomic mass is 10.2. The maximum Gasteiger partial charge on any atom is 0.262 e. The van der Waals surface area contributed by atoms with E-state index in [-0.39, 0.29) is 18.4 Å². The van der Waals surface area contributed by atoms with Crippen molar-refractivity contribution in [2.45, 2.75) is 0 Å². The minimum atomic E-state index is -0.190. The van der Waals surface area contributed by atoms with E-state index in [1.807, 2.05) is 6.26 Å². The standard InChI is InChI=1S/C11H12N2O3S/c1-17-6-11(15)12-7-2-3-9-8(4-7)13-10(14)5-16-9/h2-4H,5-6H2,1H3,(H,12,15)(H,13,14).